The van der Waals surface area contributed by atoms with Crippen molar-refractivity contribution in [3.05, 3.63) is 102 Å². The Balaban J connectivity index is 1.66. The Morgan fingerprint density at radius 3 is 2.39 bits per heavy atom. The number of rotatable bonds is 3. The fourth-order valence-electron chi connectivity index (χ4n) is 4.71. The van der Waals surface area contributed by atoms with Crippen LogP contribution in [0.15, 0.2) is 79.1 Å². The number of methoxy groups -OCH3 is 2. The molecule has 5 heteroatoms. The molecule has 5 nitrogen and oxygen atoms in total. The summed E-state index contributed by atoms with van der Waals surface area (Å²) in [5.41, 5.74) is 7.78. The summed E-state index contributed by atoms with van der Waals surface area (Å²) in [6.45, 7) is 0. The molecule has 0 radical (unpaired) electrons. The molecular weight excluding hydrogens is 386 g/mol. The zero-order chi connectivity index (χ0) is 20.9. The van der Waals surface area contributed by atoms with E-state index in [1.807, 2.05) is 18.3 Å². The van der Waals surface area contributed by atoms with Crippen LogP contribution in [-0.4, -0.2) is 23.8 Å². The van der Waals surface area contributed by atoms with Crippen molar-refractivity contribution in [2.24, 2.45) is 0 Å². The average molecular weight is 407 g/mol. The van der Waals surface area contributed by atoms with Gasteiger partial charge in [0.25, 0.3) is 0 Å². The molecule has 0 amide bonds. The zero-order valence-corrected chi connectivity index (χ0v) is 17.3. The second-order valence-electron chi connectivity index (χ2n) is 7.67. The number of hydrogen-bond donors (Lipinski definition) is 0. The van der Waals surface area contributed by atoms with Crippen LogP contribution in [0.1, 0.15) is 28.6 Å². The maximum absolute atomic E-state index is 5.56. The third-order valence-electron chi connectivity index (χ3n) is 6.07. The maximum atomic E-state index is 5.56. The third kappa shape index (κ3) is 2.60. The van der Waals surface area contributed by atoms with E-state index in [-0.39, 0.29) is 6.04 Å². The van der Waals surface area contributed by atoms with Gasteiger partial charge in [0.1, 0.15) is 17.5 Å². The highest BCUT2D eigenvalue weighted by Crippen LogP contribution is 2.50. The summed E-state index contributed by atoms with van der Waals surface area (Å²) in [7, 11) is 3.35. The van der Waals surface area contributed by atoms with Gasteiger partial charge in [-0.25, -0.2) is 0 Å². The molecule has 6 rings (SSSR count). The van der Waals surface area contributed by atoms with Gasteiger partial charge in [0.2, 0.25) is 0 Å². The van der Waals surface area contributed by atoms with Crippen LogP contribution in [0.4, 0.5) is 5.69 Å². The molecule has 31 heavy (non-hydrogen) atoms. The highest BCUT2D eigenvalue weighted by Gasteiger charge is 2.38. The number of pyridine rings is 1. The second-order valence-corrected chi connectivity index (χ2v) is 7.67. The minimum absolute atomic E-state index is 0.0193. The fraction of sp³-hybridized carbons (Fsp3) is 0.115. The van der Waals surface area contributed by atoms with Crippen molar-refractivity contribution in [2.75, 3.05) is 19.1 Å². The van der Waals surface area contributed by atoms with E-state index in [0.29, 0.717) is 0 Å². The number of anilines is 1. The van der Waals surface area contributed by atoms with Gasteiger partial charge in [-0.2, -0.15) is 0 Å². The van der Waals surface area contributed by atoms with Gasteiger partial charge in [-0.15, -0.1) is 0 Å². The van der Waals surface area contributed by atoms with Crippen LogP contribution in [0.5, 0.6) is 11.5 Å². The number of fused-ring (bicyclic) bond motifs is 8. The Bertz CT molecular complexity index is 1320. The van der Waals surface area contributed by atoms with Gasteiger partial charge in [0, 0.05) is 29.6 Å². The van der Waals surface area contributed by atoms with Crippen LogP contribution in [0.2, 0.25) is 0 Å². The van der Waals surface area contributed by atoms with E-state index < -0.39 is 0 Å². The van der Waals surface area contributed by atoms with Crippen LogP contribution in [0, 0.1) is 0 Å². The zero-order valence-electron chi connectivity index (χ0n) is 17.3. The molecule has 4 heterocycles. The van der Waals surface area contributed by atoms with Gasteiger partial charge in [-0.3, -0.25) is 4.98 Å². The molecule has 0 N–H and O–H groups in total. The van der Waals surface area contributed by atoms with E-state index in [9.17, 15) is 0 Å². The van der Waals surface area contributed by atoms with Gasteiger partial charge >= 0.3 is 0 Å². The summed E-state index contributed by atoms with van der Waals surface area (Å²) in [5.74, 6) is 1.51. The minimum atomic E-state index is 0.0193. The topological polar surface area (TPSA) is 39.5 Å². The lowest BCUT2D eigenvalue weighted by molar-refractivity contribution is 0.394. The fourth-order valence-corrected chi connectivity index (χ4v) is 4.71. The number of benzene rings is 2. The molecule has 0 spiro atoms. The normalized spacial score (nSPS) is 15.9. The van der Waals surface area contributed by atoms with E-state index in [0.717, 1.165) is 39.8 Å². The monoisotopic (exact) mass is 407 g/mol. The molecule has 0 aliphatic carbocycles. The van der Waals surface area contributed by atoms with Crippen LogP contribution < -0.4 is 14.4 Å². The molecule has 0 bridgehead atoms. The molecule has 152 valence electrons. The molecule has 2 aromatic heterocycles. The van der Waals surface area contributed by atoms with Gasteiger partial charge in [0.15, 0.2) is 0 Å². The maximum Gasteiger partial charge on any atom is 0.123 e. The molecule has 1 atom stereocenters. The van der Waals surface area contributed by atoms with Crippen molar-refractivity contribution in [3.63, 3.8) is 0 Å². The number of aromatic nitrogens is 2. The quantitative estimate of drug-likeness (QED) is 0.461. The van der Waals surface area contributed by atoms with Crippen molar-refractivity contribution in [3.8, 4) is 17.2 Å². The first-order valence-electron chi connectivity index (χ1n) is 10.2. The highest BCUT2D eigenvalue weighted by atomic mass is 16.5. The van der Waals surface area contributed by atoms with E-state index in [4.69, 9.17) is 14.5 Å². The Morgan fingerprint density at radius 2 is 1.61 bits per heavy atom. The molecule has 0 fully saturated rings. The predicted molar refractivity (Wildman–Crippen MR) is 122 cm³/mol. The molecule has 0 saturated carbocycles. The van der Waals surface area contributed by atoms with E-state index in [1.165, 1.54) is 11.3 Å². The lowest BCUT2D eigenvalue weighted by atomic mass is 9.90. The Hall–Kier alpha value is -3.99. The largest absolute Gasteiger partial charge is 0.497 e. The van der Waals surface area contributed by atoms with Crippen molar-refractivity contribution in [1.29, 1.82) is 0 Å². The summed E-state index contributed by atoms with van der Waals surface area (Å²) < 4.78 is 13.4. The molecule has 2 aromatic carbocycles. The summed E-state index contributed by atoms with van der Waals surface area (Å²) >= 11 is 0. The van der Waals surface area contributed by atoms with Gasteiger partial charge in [-0.05, 0) is 48.5 Å². The molecule has 0 saturated heterocycles. The van der Waals surface area contributed by atoms with Gasteiger partial charge in [0.05, 0.1) is 42.7 Å². The molecule has 2 aliphatic heterocycles. The number of para-hydroxylation sites is 2. The predicted octanol–water partition coefficient (Wildman–Crippen LogP) is 5.31. The first kappa shape index (κ1) is 17.8. The summed E-state index contributed by atoms with van der Waals surface area (Å²) in [6.07, 6.45) is 6.15. The van der Waals surface area contributed by atoms with Crippen LogP contribution in [0.25, 0.3) is 17.5 Å². The van der Waals surface area contributed by atoms with E-state index >= 15 is 0 Å². The van der Waals surface area contributed by atoms with Crippen molar-refractivity contribution in [1.82, 2.24) is 9.55 Å². The smallest absolute Gasteiger partial charge is 0.123 e. The summed E-state index contributed by atoms with van der Waals surface area (Å²) in [6, 6.07) is 23.0. The van der Waals surface area contributed by atoms with Crippen molar-refractivity contribution < 1.29 is 9.47 Å². The van der Waals surface area contributed by atoms with E-state index in [2.05, 4.69) is 76.3 Å². The molecule has 1 unspecified atom stereocenters. The Labute approximate surface area is 180 Å². The lowest BCUT2D eigenvalue weighted by Crippen LogP contribution is -2.36. The standard InChI is InChI=1S/C26H21N3O2/c1-30-18-13-17(14-19(15-18)31-2)25-16-21-20(7-5-11-27-21)26-24-10-6-12-28(24)22-8-3-4-9-23(22)29(25)26/h3-16,26H,1-2H3. The van der Waals surface area contributed by atoms with Crippen LogP contribution in [-0.2, 0) is 0 Å². The molecule has 4 aromatic rings. The number of hydrogen-bond acceptors (Lipinski definition) is 4. The second kappa shape index (κ2) is 6.77. The highest BCUT2D eigenvalue weighted by molar-refractivity contribution is 5.96. The van der Waals surface area contributed by atoms with Crippen LogP contribution in [0.3, 0.4) is 0 Å². The molecular formula is C26H21N3O2. The number of nitrogens with zero attached hydrogens (tertiary/aromatic N) is 3. The van der Waals surface area contributed by atoms with Crippen molar-refractivity contribution in [2.45, 2.75) is 6.04 Å². The summed E-state index contributed by atoms with van der Waals surface area (Å²) in [5, 5.41) is 0. The third-order valence-corrected chi connectivity index (χ3v) is 6.07. The number of ether oxygens (including phenoxy) is 2. The van der Waals surface area contributed by atoms with Gasteiger partial charge < -0.3 is 18.9 Å². The average Bonchev–Trinajstić information content (AvgIpc) is 3.33. The molecule has 2 aliphatic rings. The first-order valence-corrected chi connectivity index (χ1v) is 10.2. The Morgan fingerprint density at radius 1 is 0.839 bits per heavy atom. The van der Waals surface area contributed by atoms with Crippen LogP contribution >= 0.6 is 0 Å². The first-order chi connectivity index (χ1) is 15.3. The Kier molecular flexibility index (Phi) is 3.90. The van der Waals surface area contributed by atoms with Crippen molar-refractivity contribution >= 4 is 17.5 Å². The lowest BCUT2D eigenvalue weighted by Gasteiger charge is -2.43. The van der Waals surface area contributed by atoms with E-state index in [1.54, 1.807) is 14.2 Å². The van der Waals surface area contributed by atoms with Gasteiger partial charge in [-0.1, -0.05) is 18.2 Å². The SMILES string of the molecule is COc1cc(OC)cc(C2=Cc3ncccc3C3c4cccn4-c4ccccc4N23)c1. The summed E-state index contributed by atoms with van der Waals surface area (Å²) in [4.78, 5) is 7.12. The minimum Gasteiger partial charge on any atom is -0.497 e.